The Balaban J connectivity index is 2.23. The Kier molecular flexibility index (Phi) is 2.62. The first-order valence-corrected chi connectivity index (χ1v) is 5.28. The van der Waals surface area contributed by atoms with Crippen LogP contribution in [0, 0.1) is 0 Å². The third kappa shape index (κ3) is 1.96. The zero-order chi connectivity index (χ0) is 10.8. The number of anilines is 1. The molecule has 1 aromatic rings. The number of hydrogen-bond donors (Lipinski definition) is 1. The summed E-state index contributed by atoms with van der Waals surface area (Å²) >= 11 is 0. The van der Waals surface area contributed by atoms with Gasteiger partial charge >= 0.3 is 0 Å². The molecule has 0 aromatic heterocycles. The lowest BCUT2D eigenvalue weighted by Gasteiger charge is -2.18. The van der Waals surface area contributed by atoms with Crippen molar-refractivity contribution < 1.29 is 4.79 Å². The van der Waals surface area contributed by atoms with Crippen LogP contribution in [0.15, 0.2) is 24.3 Å². The molecule has 2 rings (SSSR count). The summed E-state index contributed by atoms with van der Waals surface area (Å²) in [6.45, 7) is 0. The number of benzene rings is 1. The van der Waals surface area contributed by atoms with Crippen LogP contribution in [-0.4, -0.2) is 30.9 Å². The van der Waals surface area contributed by atoms with Crippen molar-refractivity contribution in [3.8, 4) is 0 Å². The van der Waals surface area contributed by atoms with Gasteiger partial charge in [-0.15, -0.1) is 0 Å². The number of rotatable bonds is 3. The Bertz CT molecular complexity index is 372. The van der Waals surface area contributed by atoms with Crippen LogP contribution < -0.4 is 5.32 Å². The van der Waals surface area contributed by atoms with Crippen LogP contribution in [0.25, 0.3) is 0 Å². The summed E-state index contributed by atoms with van der Waals surface area (Å²) < 4.78 is 0. The van der Waals surface area contributed by atoms with Crippen LogP contribution in [0.1, 0.15) is 23.2 Å². The minimum absolute atomic E-state index is 0.113. The highest BCUT2D eigenvalue weighted by molar-refractivity contribution is 5.99. The molecule has 0 spiro atoms. The van der Waals surface area contributed by atoms with Gasteiger partial charge < -0.3 is 10.2 Å². The smallest absolute Gasteiger partial charge is 0.255 e. The second-order valence-electron chi connectivity index (χ2n) is 3.94. The Hall–Kier alpha value is -1.51. The molecule has 1 fully saturated rings. The van der Waals surface area contributed by atoms with E-state index in [0.29, 0.717) is 6.04 Å². The number of para-hydroxylation sites is 1. The lowest BCUT2D eigenvalue weighted by molar-refractivity contribution is 0.0786. The minimum atomic E-state index is 0.113. The highest BCUT2D eigenvalue weighted by atomic mass is 16.2. The fourth-order valence-corrected chi connectivity index (χ4v) is 1.71. The van der Waals surface area contributed by atoms with E-state index in [9.17, 15) is 4.79 Å². The molecule has 15 heavy (non-hydrogen) atoms. The van der Waals surface area contributed by atoms with Gasteiger partial charge in [0.25, 0.3) is 5.91 Å². The molecule has 0 atom stereocenters. The van der Waals surface area contributed by atoms with Crippen molar-refractivity contribution in [1.82, 2.24) is 4.90 Å². The second kappa shape index (κ2) is 3.93. The summed E-state index contributed by atoms with van der Waals surface area (Å²) in [6.07, 6.45) is 2.29. The first kappa shape index (κ1) is 10.0. The predicted octanol–water partition coefficient (Wildman–Crippen LogP) is 1.96. The van der Waals surface area contributed by atoms with E-state index >= 15 is 0 Å². The van der Waals surface area contributed by atoms with E-state index in [1.807, 2.05) is 43.3 Å². The highest BCUT2D eigenvalue weighted by Gasteiger charge is 2.30. The molecule has 3 heteroatoms. The average molecular weight is 204 g/mol. The lowest BCUT2D eigenvalue weighted by atomic mass is 10.1. The predicted molar refractivity (Wildman–Crippen MR) is 61.1 cm³/mol. The summed E-state index contributed by atoms with van der Waals surface area (Å²) in [7, 11) is 3.72. The molecule has 1 saturated carbocycles. The molecule has 0 unspecified atom stereocenters. The van der Waals surface area contributed by atoms with Crippen molar-refractivity contribution in [2.75, 3.05) is 19.4 Å². The molecule has 0 aliphatic heterocycles. The molecule has 0 radical (unpaired) electrons. The fraction of sp³-hybridized carbons (Fsp3) is 0.417. The first-order valence-electron chi connectivity index (χ1n) is 5.28. The maximum atomic E-state index is 12.1. The molecule has 1 amide bonds. The van der Waals surface area contributed by atoms with E-state index in [2.05, 4.69) is 5.32 Å². The van der Waals surface area contributed by atoms with Crippen molar-refractivity contribution in [2.24, 2.45) is 0 Å². The molecular formula is C12H16N2O. The summed E-state index contributed by atoms with van der Waals surface area (Å²) in [6, 6.07) is 8.08. The van der Waals surface area contributed by atoms with Gasteiger partial charge in [0.15, 0.2) is 0 Å². The Labute approximate surface area is 90.1 Å². The Morgan fingerprint density at radius 2 is 2.07 bits per heavy atom. The summed E-state index contributed by atoms with van der Waals surface area (Å²) in [4.78, 5) is 13.9. The quantitative estimate of drug-likeness (QED) is 0.816. The average Bonchev–Trinajstić information content (AvgIpc) is 3.11. The molecule has 0 saturated heterocycles. The molecule has 80 valence electrons. The molecule has 1 aromatic carbocycles. The van der Waals surface area contributed by atoms with E-state index < -0.39 is 0 Å². The van der Waals surface area contributed by atoms with Crippen molar-refractivity contribution in [3.63, 3.8) is 0 Å². The molecule has 1 aliphatic carbocycles. The molecule has 1 N–H and O–H groups in total. The van der Waals surface area contributed by atoms with Gasteiger partial charge in [0.1, 0.15) is 0 Å². The SMILES string of the molecule is CNc1ccccc1C(=O)N(C)C1CC1. The first-order chi connectivity index (χ1) is 7.24. The summed E-state index contributed by atoms with van der Waals surface area (Å²) in [5.41, 5.74) is 1.66. The number of nitrogens with one attached hydrogen (secondary N) is 1. The van der Waals surface area contributed by atoms with Gasteiger partial charge in [0.2, 0.25) is 0 Å². The highest BCUT2D eigenvalue weighted by Crippen LogP contribution is 2.28. The van der Waals surface area contributed by atoms with E-state index in [1.165, 1.54) is 0 Å². The maximum absolute atomic E-state index is 12.1. The van der Waals surface area contributed by atoms with Gasteiger partial charge in [-0.25, -0.2) is 0 Å². The van der Waals surface area contributed by atoms with Crippen LogP contribution in [0.3, 0.4) is 0 Å². The van der Waals surface area contributed by atoms with E-state index in [-0.39, 0.29) is 5.91 Å². The maximum Gasteiger partial charge on any atom is 0.255 e. The number of amides is 1. The molecule has 0 bridgehead atoms. The van der Waals surface area contributed by atoms with Crippen LogP contribution in [-0.2, 0) is 0 Å². The van der Waals surface area contributed by atoms with Gasteiger partial charge in [-0.2, -0.15) is 0 Å². The van der Waals surface area contributed by atoms with Crippen molar-refractivity contribution in [1.29, 1.82) is 0 Å². The minimum Gasteiger partial charge on any atom is -0.387 e. The summed E-state index contributed by atoms with van der Waals surface area (Å²) in [5.74, 6) is 0.113. The Morgan fingerprint density at radius 3 is 2.67 bits per heavy atom. The van der Waals surface area contributed by atoms with Gasteiger partial charge in [0, 0.05) is 25.8 Å². The third-order valence-corrected chi connectivity index (χ3v) is 2.84. The molecule has 1 aliphatic rings. The monoisotopic (exact) mass is 204 g/mol. The lowest BCUT2D eigenvalue weighted by Crippen LogP contribution is -2.29. The molecule has 3 nitrogen and oxygen atoms in total. The second-order valence-corrected chi connectivity index (χ2v) is 3.94. The van der Waals surface area contributed by atoms with Crippen molar-refractivity contribution in [2.45, 2.75) is 18.9 Å². The van der Waals surface area contributed by atoms with Gasteiger partial charge in [0.05, 0.1) is 5.56 Å². The van der Waals surface area contributed by atoms with Gasteiger partial charge in [-0.1, -0.05) is 12.1 Å². The Morgan fingerprint density at radius 1 is 1.40 bits per heavy atom. The number of nitrogens with zero attached hydrogens (tertiary/aromatic N) is 1. The zero-order valence-corrected chi connectivity index (χ0v) is 9.16. The molecular weight excluding hydrogens is 188 g/mol. The van der Waals surface area contributed by atoms with Crippen LogP contribution in [0.4, 0.5) is 5.69 Å². The van der Waals surface area contributed by atoms with E-state index in [1.54, 1.807) is 0 Å². The van der Waals surface area contributed by atoms with Crippen molar-refractivity contribution in [3.05, 3.63) is 29.8 Å². The van der Waals surface area contributed by atoms with Crippen molar-refractivity contribution >= 4 is 11.6 Å². The number of hydrogen-bond acceptors (Lipinski definition) is 2. The fourth-order valence-electron chi connectivity index (χ4n) is 1.71. The number of carbonyl (C=O) groups excluding carboxylic acids is 1. The summed E-state index contributed by atoms with van der Waals surface area (Å²) in [5, 5.41) is 3.04. The van der Waals surface area contributed by atoms with Gasteiger partial charge in [-0.05, 0) is 25.0 Å². The number of carbonyl (C=O) groups is 1. The van der Waals surface area contributed by atoms with E-state index in [0.717, 1.165) is 24.1 Å². The largest absolute Gasteiger partial charge is 0.387 e. The van der Waals surface area contributed by atoms with Gasteiger partial charge in [-0.3, -0.25) is 4.79 Å². The van der Waals surface area contributed by atoms with E-state index in [4.69, 9.17) is 0 Å². The molecule has 0 heterocycles. The normalized spacial score (nSPS) is 14.8. The standard InChI is InChI=1S/C12H16N2O/c1-13-11-6-4-3-5-10(11)12(15)14(2)9-7-8-9/h3-6,9,13H,7-8H2,1-2H3. The van der Waals surface area contributed by atoms with Crippen LogP contribution in [0.2, 0.25) is 0 Å². The third-order valence-electron chi connectivity index (χ3n) is 2.84. The van der Waals surface area contributed by atoms with Crippen LogP contribution >= 0.6 is 0 Å². The van der Waals surface area contributed by atoms with Crippen LogP contribution in [0.5, 0.6) is 0 Å². The zero-order valence-electron chi connectivity index (χ0n) is 9.16. The topological polar surface area (TPSA) is 32.3 Å².